The maximum Gasteiger partial charge on any atom is 0.343 e. The van der Waals surface area contributed by atoms with E-state index < -0.39 is 18.5 Å². The van der Waals surface area contributed by atoms with E-state index in [4.69, 9.17) is 4.74 Å². The van der Waals surface area contributed by atoms with Gasteiger partial charge < -0.3 is 4.74 Å². The Balaban J connectivity index is 2.19. The second kappa shape index (κ2) is 9.92. The highest BCUT2D eigenvalue weighted by Gasteiger charge is 2.33. The maximum absolute atomic E-state index is 13.2. The minimum Gasteiger partial charge on any atom is -0.423 e. The lowest BCUT2D eigenvalue weighted by Gasteiger charge is -2.29. The van der Waals surface area contributed by atoms with Crippen molar-refractivity contribution in [2.24, 2.45) is 0 Å². The number of ether oxygens (including phenoxy) is 1. The van der Waals surface area contributed by atoms with E-state index in [9.17, 15) is 14.2 Å². The molecule has 0 aliphatic heterocycles. The number of benzene rings is 2. The van der Waals surface area contributed by atoms with Gasteiger partial charge in [-0.1, -0.05) is 49.5 Å². The van der Waals surface area contributed by atoms with Crippen LogP contribution in [-0.2, 0) is 4.57 Å². The molecule has 2 aromatic carbocycles. The Labute approximate surface area is 169 Å². The molecule has 0 aliphatic rings. The van der Waals surface area contributed by atoms with Gasteiger partial charge in [0.05, 0.1) is 5.56 Å². The molecular weight excluding hydrogens is 395 g/mol. The summed E-state index contributed by atoms with van der Waals surface area (Å²) < 4.78 is 19.8. The number of esters is 1. The van der Waals surface area contributed by atoms with Crippen molar-refractivity contribution in [1.29, 1.82) is 0 Å². The Morgan fingerprint density at radius 3 is 2.39 bits per heavy atom. The van der Waals surface area contributed by atoms with Gasteiger partial charge >= 0.3 is 5.97 Å². The number of nitrogens with one attached hydrogen (secondary N) is 1. The maximum atomic E-state index is 13.2. The predicted molar refractivity (Wildman–Crippen MR) is 114 cm³/mol. The molecule has 0 saturated carbocycles. The fourth-order valence-electron chi connectivity index (χ4n) is 2.33. The highest BCUT2D eigenvalue weighted by molar-refractivity contribution is 8.57. The Morgan fingerprint density at radius 1 is 1.14 bits per heavy atom. The molecule has 2 atom stereocenters. The summed E-state index contributed by atoms with van der Waals surface area (Å²) in [5, 5.41) is 2.93. The average Bonchev–Trinajstić information content (AvgIpc) is 2.73. The molecule has 0 aromatic heterocycles. The van der Waals surface area contributed by atoms with Crippen molar-refractivity contribution in [3.63, 3.8) is 0 Å². The molecule has 6 nitrogen and oxygen atoms in total. The second-order valence-corrected chi connectivity index (χ2v) is 11.4. The van der Waals surface area contributed by atoms with Gasteiger partial charge in [-0.3, -0.25) is 14.0 Å². The van der Waals surface area contributed by atoms with Crippen molar-refractivity contribution in [2.75, 3.05) is 14.1 Å². The fraction of sp³-hybridized carbons (Fsp3) is 0.300. The first-order valence-electron chi connectivity index (χ1n) is 8.94. The second-order valence-electron chi connectivity index (χ2n) is 6.18. The van der Waals surface area contributed by atoms with Crippen molar-refractivity contribution in [2.45, 2.75) is 25.5 Å². The van der Waals surface area contributed by atoms with E-state index in [-0.39, 0.29) is 11.0 Å². The lowest BCUT2D eigenvalue weighted by atomic mass is 10.2. The van der Waals surface area contributed by atoms with Crippen LogP contribution in [0.15, 0.2) is 54.6 Å². The van der Waals surface area contributed by atoms with Crippen LogP contribution in [0.4, 0.5) is 0 Å². The van der Waals surface area contributed by atoms with Crippen LogP contribution in [0.3, 0.4) is 0 Å². The first-order valence-corrected chi connectivity index (χ1v) is 12.1. The van der Waals surface area contributed by atoms with Gasteiger partial charge in [0.2, 0.25) is 0 Å². The van der Waals surface area contributed by atoms with Gasteiger partial charge in [0.1, 0.15) is 5.75 Å². The standard InChI is InChI=1S/C20H25N2O4PS/c1-5-15(2)28-27(25,21-3)22(4)19(23)17-12-9-13-18(14-17)26-20(24)16-10-7-6-8-11-16/h6-15H,5H2,1-4H3,(H,21,25). The summed E-state index contributed by atoms with van der Waals surface area (Å²) in [7, 11) is 3.09. The number of carbonyl (C=O) groups excluding carboxylic acids is 2. The summed E-state index contributed by atoms with van der Waals surface area (Å²) in [6.07, 6.45) is 0.837. The van der Waals surface area contributed by atoms with E-state index in [1.165, 1.54) is 29.2 Å². The van der Waals surface area contributed by atoms with Crippen LogP contribution in [0, 0.1) is 0 Å². The Hall–Kier alpha value is -2.08. The third kappa shape index (κ3) is 5.47. The quantitative estimate of drug-likeness (QED) is 0.374. The summed E-state index contributed by atoms with van der Waals surface area (Å²) in [6.45, 7) is 0.840. The van der Waals surface area contributed by atoms with E-state index in [2.05, 4.69) is 5.09 Å². The van der Waals surface area contributed by atoms with Gasteiger partial charge in [-0.25, -0.2) is 9.88 Å². The molecule has 1 amide bonds. The summed E-state index contributed by atoms with van der Waals surface area (Å²) in [5.41, 5.74) is 0.710. The van der Waals surface area contributed by atoms with E-state index in [0.717, 1.165) is 6.42 Å². The molecule has 0 radical (unpaired) electrons. The van der Waals surface area contributed by atoms with E-state index in [1.807, 2.05) is 19.9 Å². The zero-order chi connectivity index (χ0) is 20.7. The lowest BCUT2D eigenvalue weighted by molar-refractivity contribution is 0.0732. The molecule has 0 fully saturated rings. The van der Waals surface area contributed by atoms with Crippen LogP contribution in [0.1, 0.15) is 41.0 Å². The first kappa shape index (κ1) is 22.2. The Morgan fingerprint density at radius 2 is 1.79 bits per heavy atom. The summed E-state index contributed by atoms with van der Waals surface area (Å²) in [5.74, 6) is -0.667. The molecule has 0 aliphatic carbocycles. The summed E-state index contributed by atoms with van der Waals surface area (Å²) >= 11 is 1.25. The van der Waals surface area contributed by atoms with E-state index in [0.29, 0.717) is 11.1 Å². The largest absolute Gasteiger partial charge is 0.423 e. The molecule has 0 bridgehead atoms. The van der Waals surface area contributed by atoms with Crippen molar-refractivity contribution >= 4 is 29.9 Å². The predicted octanol–water partition coefficient (Wildman–Crippen LogP) is 4.84. The molecular formula is C20H25N2O4PS. The SMILES string of the molecule is CCC(C)SP(=O)(NC)N(C)C(=O)c1cccc(OC(=O)c2ccccc2)c1. The average molecular weight is 420 g/mol. The van der Waals surface area contributed by atoms with Gasteiger partial charge in [-0.2, -0.15) is 0 Å². The van der Waals surface area contributed by atoms with Gasteiger partial charge in [-0.05, 0) is 43.8 Å². The van der Waals surface area contributed by atoms with Crippen molar-refractivity contribution in [3.05, 3.63) is 65.7 Å². The molecule has 0 spiro atoms. The monoisotopic (exact) mass is 420 g/mol. The number of rotatable bonds is 8. The van der Waals surface area contributed by atoms with Crippen molar-refractivity contribution < 1.29 is 18.9 Å². The number of amides is 1. The van der Waals surface area contributed by atoms with Gasteiger partial charge in [-0.15, -0.1) is 0 Å². The van der Waals surface area contributed by atoms with Gasteiger partial charge in [0.25, 0.3) is 12.6 Å². The molecule has 0 heterocycles. The first-order chi connectivity index (χ1) is 13.3. The Bertz CT molecular complexity index is 876. The highest BCUT2D eigenvalue weighted by Crippen LogP contribution is 2.59. The van der Waals surface area contributed by atoms with E-state index >= 15 is 0 Å². The van der Waals surface area contributed by atoms with Crippen molar-refractivity contribution in [3.8, 4) is 5.75 Å². The topological polar surface area (TPSA) is 75.7 Å². The summed E-state index contributed by atoms with van der Waals surface area (Å²) in [4.78, 5) is 25.1. The molecule has 0 saturated heterocycles. The smallest absolute Gasteiger partial charge is 0.343 e. The van der Waals surface area contributed by atoms with Crippen molar-refractivity contribution in [1.82, 2.24) is 9.76 Å². The molecule has 2 rings (SSSR count). The highest BCUT2D eigenvalue weighted by atomic mass is 32.7. The van der Waals surface area contributed by atoms with Crippen LogP contribution >= 0.6 is 18.0 Å². The molecule has 150 valence electrons. The third-order valence-corrected chi connectivity index (χ3v) is 9.91. The molecule has 2 aromatic rings. The Kier molecular flexibility index (Phi) is 7.87. The number of nitrogens with zero attached hydrogens (tertiary/aromatic N) is 1. The van der Waals surface area contributed by atoms with Crippen LogP contribution in [0.25, 0.3) is 0 Å². The summed E-state index contributed by atoms with van der Waals surface area (Å²) in [6, 6.07) is 14.9. The fourth-order valence-corrected chi connectivity index (χ4v) is 6.74. The van der Waals surface area contributed by atoms with Crippen LogP contribution in [-0.4, -0.2) is 35.9 Å². The number of hydrogen-bond acceptors (Lipinski definition) is 5. The zero-order valence-electron chi connectivity index (χ0n) is 16.4. The van der Waals surface area contributed by atoms with Crippen LogP contribution in [0.5, 0.6) is 5.75 Å². The minimum absolute atomic E-state index is 0.131. The van der Waals surface area contributed by atoms with Crippen LogP contribution in [0.2, 0.25) is 0 Å². The zero-order valence-corrected chi connectivity index (χ0v) is 18.1. The molecule has 1 N–H and O–H groups in total. The van der Waals surface area contributed by atoms with E-state index in [1.54, 1.807) is 49.5 Å². The minimum atomic E-state index is -3.13. The number of carbonyl (C=O) groups is 2. The lowest BCUT2D eigenvalue weighted by Crippen LogP contribution is -2.28. The molecule has 28 heavy (non-hydrogen) atoms. The molecule has 2 unspecified atom stereocenters. The normalized spacial score (nSPS) is 14.0. The van der Waals surface area contributed by atoms with Gasteiger partial charge in [0, 0.05) is 17.9 Å². The number of hydrogen-bond donors (Lipinski definition) is 1. The van der Waals surface area contributed by atoms with Crippen LogP contribution < -0.4 is 9.82 Å². The van der Waals surface area contributed by atoms with Gasteiger partial charge in [0.15, 0.2) is 0 Å². The third-order valence-electron chi connectivity index (χ3n) is 4.17. The molecule has 8 heteroatoms.